The molecular weight excluding hydrogens is 600 g/mol. The molecule has 1 aromatic heterocycles. The predicted molar refractivity (Wildman–Crippen MR) is 168 cm³/mol. The fraction of sp³-hybridized carbons (Fsp3) is 0.606. The number of carboxylic acid groups (broad SMARTS) is 1. The Bertz CT molecular complexity index is 1400. The van der Waals surface area contributed by atoms with Crippen molar-refractivity contribution in [3.8, 4) is 11.6 Å². The zero-order chi connectivity index (χ0) is 32.1. The summed E-state index contributed by atoms with van der Waals surface area (Å²) in [5.41, 5.74) is 1.05. The maximum atomic E-state index is 14.3. The summed E-state index contributed by atoms with van der Waals surface area (Å²) in [4.78, 5) is 50.3. The molecule has 2 amide bonds. The average molecular weight is 643 g/mol. The molecule has 1 saturated heterocycles. The van der Waals surface area contributed by atoms with Crippen molar-refractivity contribution in [2.75, 3.05) is 13.7 Å². The molecule has 244 valence electrons. The highest BCUT2D eigenvalue weighted by molar-refractivity contribution is 6.31. The van der Waals surface area contributed by atoms with Crippen LogP contribution in [-0.4, -0.2) is 75.9 Å². The highest BCUT2D eigenvalue weighted by atomic mass is 35.5. The van der Waals surface area contributed by atoms with Gasteiger partial charge in [-0.1, -0.05) is 43.9 Å². The Morgan fingerprint density at radius 1 is 1.18 bits per heavy atom. The summed E-state index contributed by atoms with van der Waals surface area (Å²) in [5.74, 6) is -1.27. The van der Waals surface area contributed by atoms with Gasteiger partial charge in [0.15, 0.2) is 5.15 Å². The fourth-order valence-corrected chi connectivity index (χ4v) is 7.07. The highest BCUT2D eigenvalue weighted by Crippen LogP contribution is 2.39. The lowest BCUT2D eigenvalue weighted by Gasteiger charge is -2.34. The number of carbonyl (C=O) groups excluding carboxylic acids is 2. The first kappa shape index (κ1) is 32.8. The van der Waals surface area contributed by atoms with Crippen LogP contribution < -0.4 is 14.8 Å². The van der Waals surface area contributed by atoms with Gasteiger partial charge in [0.2, 0.25) is 5.91 Å². The molecule has 3 aliphatic rings. The minimum atomic E-state index is -1.15. The molecule has 0 bridgehead atoms. The van der Waals surface area contributed by atoms with Crippen molar-refractivity contribution in [1.82, 2.24) is 20.2 Å². The quantitative estimate of drug-likeness (QED) is 0.205. The number of carboxylic acids is 1. The lowest BCUT2D eigenvalue weighted by molar-refractivity contribution is -0.151. The van der Waals surface area contributed by atoms with Gasteiger partial charge in [0.25, 0.3) is 5.88 Å². The van der Waals surface area contributed by atoms with Gasteiger partial charge in [-0.05, 0) is 68.9 Å². The largest absolute Gasteiger partial charge is 0.497 e. The Morgan fingerprint density at radius 2 is 1.96 bits per heavy atom. The van der Waals surface area contributed by atoms with Crippen molar-refractivity contribution in [2.45, 2.75) is 95.4 Å². The molecule has 1 unspecified atom stereocenters. The number of amides is 2. The van der Waals surface area contributed by atoms with E-state index in [9.17, 15) is 19.5 Å². The van der Waals surface area contributed by atoms with Crippen molar-refractivity contribution >= 4 is 40.6 Å². The first-order chi connectivity index (χ1) is 21.7. The number of ether oxygens (including phenoxy) is 3. The van der Waals surface area contributed by atoms with E-state index in [2.05, 4.69) is 21.9 Å². The van der Waals surface area contributed by atoms with E-state index in [1.807, 2.05) is 13.0 Å². The minimum absolute atomic E-state index is 0.00356. The SMILES string of the molecule is C=CCCC[C@@H]1CC1OC(=O)N[C@H](C(=O)N1C[C@H](Oc2nc3cc(OC)ccc3nc2Cl)[C@@H](CC)[C@H]1C(=O)O)C1CCCCC1. The van der Waals surface area contributed by atoms with E-state index < -0.39 is 42.1 Å². The molecule has 45 heavy (non-hydrogen) atoms. The molecule has 2 N–H and O–H groups in total. The lowest BCUT2D eigenvalue weighted by Crippen LogP contribution is -2.55. The number of aliphatic carboxylic acids is 1. The molecule has 5 rings (SSSR count). The van der Waals surface area contributed by atoms with E-state index in [1.165, 1.54) is 4.90 Å². The number of nitrogens with one attached hydrogen (secondary N) is 1. The molecule has 2 saturated carbocycles. The summed E-state index contributed by atoms with van der Waals surface area (Å²) >= 11 is 6.45. The van der Waals surface area contributed by atoms with Crippen LogP contribution in [0, 0.1) is 17.8 Å². The summed E-state index contributed by atoms with van der Waals surface area (Å²) in [5, 5.41) is 13.3. The van der Waals surface area contributed by atoms with Crippen LogP contribution in [0.25, 0.3) is 11.0 Å². The van der Waals surface area contributed by atoms with Gasteiger partial charge in [-0.25, -0.2) is 19.6 Å². The van der Waals surface area contributed by atoms with E-state index in [1.54, 1.807) is 25.3 Å². The van der Waals surface area contributed by atoms with Crippen LogP contribution in [0.5, 0.6) is 11.6 Å². The molecule has 6 atom stereocenters. The standard InChI is InChI=1S/C33H43ClN4O7/c1-4-6-8-13-20-16-25(20)45-33(42)37-27(19-11-9-7-10-12-19)31(39)38-18-26(22(5-2)28(38)32(40)41)44-30-29(34)35-23-15-14-21(43-3)17-24(23)36-30/h4,14-15,17,19-20,22,25-28H,1,5-13,16,18H2,2-3H3,(H,37,42)(H,40,41)/t20-,22-,25?,26+,27+,28+/m1/s1. The van der Waals surface area contributed by atoms with Crippen LogP contribution in [-0.2, 0) is 14.3 Å². The monoisotopic (exact) mass is 642 g/mol. The van der Waals surface area contributed by atoms with Crippen molar-refractivity contribution in [1.29, 1.82) is 0 Å². The maximum Gasteiger partial charge on any atom is 0.408 e. The van der Waals surface area contributed by atoms with Crippen LogP contribution in [0.15, 0.2) is 30.9 Å². The van der Waals surface area contributed by atoms with Gasteiger partial charge in [0, 0.05) is 12.0 Å². The molecule has 2 aromatic rings. The third kappa shape index (κ3) is 7.62. The smallest absolute Gasteiger partial charge is 0.408 e. The van der Waals surface area contributed by atoms with Crippen LogP contribution in [0.2, 0.25) is 5.15 Å². The second kappa shape index (κ2) is 14.7. The number of hydrogen-bond acceptors (Lipinski definition) is 8. The molecule has 0 spiro atoms. The Kier molecular flexibility index (Phi) is 10.7. The molecule has 2 aliphatic carbocycles. The second-order valence-electron chi connectivity index (χ2n) is 12.4. The number of methoxy groups -OCH3 is 1. The van der Waals surface area contributed by atoms with E-state index in [-0.39, 0.29) is 29.6 Å². The maximum absolute atomic E-state index is 14.3. The predicted octanol–water partition coefficient (Wildman–Crippen LogP) is 5.78. The number of rotatable bonds is 13. The number of fused-ring (bicyclic) bond motifs is 1. The number of benzene rings is 1. The van der Waals surface area contributed by atoms with Crippen molar-refractivity contribution in [3.63, 3.8) is 0 Å². The number of carbonyl (C=O) groups is 3. The summed E-state index contributed by atoms with van der Waals surface area (Å²) in [7, 11) is 1.55. The number of nitrogens with zero attached hydrogens (tertiary/aromatic N) is 3. The van der Waals surface area contributed by atoms with E-state index >= 15 is 0 Å². The Morgan fingerprint density at radius 3 is 2.64 bits per heavy atom. The van der Waals surface area contributed by atoms with Gasteiger partial charge in [0.05, 0.1) is 24.7 Å². The molecule has 2 heterocycles. The van der Waals surface area contributed by atoms with Gasteiger partial charge in [-0.2, -0.15) is 0 Å². The summed E-state index contributed by atoms with van der Waals surface area (Å²) in [6.07, 6.45) is 8.96. The number of likely N-dealkylation sites (tertiary alicyclic amines) is 1. The summed E-state index contributed by atoms with van der Waals surface area (Å²) in [6.45, 7) is 5.61. The van der Waals surface area contributed by atoms with E-state index in [0.29, 0.717) is 29.1 Å². The third-order valence-corrected chi connectivity index (χ3v) is 9.67. The lowest BCUT2D eigenvalue weighted by atomic mass is 9.83. The zero-order valence-corrected chi connectivity index (χ0v) is 26.7. The zero-order valence-electron chi connectivity index (χ0n) is 26.0. The minimum Gasteiger partial charge on any atom is -0.497 e. The number of unbranched alkanes of at least 4 members (excludes halogenated alkanes) is 1. The summed E-state index contributed by atoms with van der Waals surface area (Å²) in [6, 6.07) is 3.14. The topological polar surface area (TPSA) is 140 Å². The molecule has 11 nitrogen and oxygen atoms in total. The normalized spacial score (nSPS) is 25.4. The van der Waals surface area contributed by atoms with E-state index in [4.69, 9.17) is 25.8 Å². The Balaban J connectivity index is 1.34. The Hall–Kier alpha value is -3.60. The van der Waals surface area contributed by atoms with Gasteiger partial charge < -0.3 is 29.5 Å². The number of aromatic nitrogens is 2. The molecule has 1 aliphatic heterocycles. The van der Waals surface area contributed by atoms with Crippen LogP contribution in [0.1, 0.15) is 71.1 Å². The average Bonchev–Trinajstić information content (AvgIpc) is 3.66. The highest BCUT2D eigenvalue weighted by Gasteiger charge is 2.51. The third-order valence-electron chi connectivity index (χ3n) is 9.43. The first-order valence-electron chi connectivity index (χ1n) is 16.0. The second-order valence-corrected chi connectivity index (χ2v) is 12.7. The molecule has 12 heteroatoms. The Labute approximate surface area is 268 Å². The van der Waals surface area contributed by atoms with E-state index in [0.717, 1.165) is 57.8 Å². The molecule has 1 aromatic carbocycles. The number of halogens is 1. The molecule has 3 fully saturated rings. The van der Waals surface area contributed by atoms with Crippen LogP contribution >= 0.6 is 11.6 Å². The number of hydrogen-bond donors (Lipinski definition) is 2. The van der Waals surface area contributed by atoms with Gasteiger partial charge >= 0.3 is 12.1 Å². The van der Waals surface area contributed by atoms with Crippen LogP contribution in [0.3, 0.4) is 0 Å². The van der Waals surface area contributed by atoms with Crippen LogP contribution in [0.4, 0.5) is 4.79 Å². The number of allylic oxidation sites excluding steroid dienone is 1. The van der Waals surface area contributed by atoms with Gasteiger partial charge in [-0.3, -0.25) is 4.79 Å². The fourth-order valence-electron chi connectivity index (χ4n) is 6.89. The molecule has 0 radical (unpaired) electrons. The molecular formula is C33H43ClN4O7. The number of alkyl carbamates (subject to hydrolysis) is 1. The van der Waals surface area contributed by atoms with Crippen molar-refractivity contribution in [2.24, 2.45) is 17.8 Å². The van der Waals surface area contributed by atoms with Crippen molar-refractivity contribution < 1.29 is 33.7 Å². The van der Waals surface area contributed by atoms with Gasteiger partial charge in [-0.15, -0.1) is 6.58 Å². The summed E-state index contributed by atoms with van der Waals surface area (Å²) < 4.78 is 17.2. The first-order valence-corrected chi connectivity index (χ1v) is 16.4. The van der Waals surface area contributed by atoms with Gasteiger partial charge in [0.1, 0.15) is 30.0 Å². The van der Waals surface area contributed by atoms with Crippen molar-refractivity contribution in [3.05, 3.63) is 36.0 Å².